The molecular formula is C21H24Cl2N2O3S. The van der Waals surface area contributed by atoms with Gasteiger partial charge in [-0.05, 0) is 61.7 Å². The van der Waals surface area contributed by atoms with Crippen LogP contribution in [0.4, 0.5) is 0 Å². The second-order valence-electron chi connectivity index (χ2n) is 7.26. The minimum atomic E-state index is -3.48. The molecular weight excluding hydrogens is 431 g/mol. The van der Waals surface area contributed by atoms with Gasteiger partial charge in [-0.25, -0.2) is 8.42 Å². The standard InChI is InChI=1S/C21H24Cl2N2O3S/c22-18-7-6-15(12-19(18)23)13-20(16-8-10-24-14-16)25-21(26)9-11-29(27,28)17-4-2-1-3-5-17/h1-7,12,16,20,24H,8-11,13-14H2,(H,25,26). The van der Waals surface area contributed by atoms with E-state index < -0.39 is 9.84 Å². The largest absolute Gasteiger partial charge is 0.353 e. The van der Waals surface area contributed by atoms with Gasteiger partial charge in [0.1, 0.15) is 0 Å². The average molecular weight is 455 g/mol. The van der Waals surface area contributed by atoms with Crippen LogP contribution >= 0.6 is 23.2 Å². The summed E-state index contributed by atoms with van der Waals surface area (Å²) in [5.41, 5.74) is 0.980. The molecule has 156 valence electrons. The predicted molar refractivity (Wildman–Crippen MR) is 116 cm³/mol. The fourth-order valence-corrected chi connectivity index (χ4v) is 5.11. The van der Waals surface area contributed by atoms with E-state index in [9.17, 15) is 13.2 Å². The maximum absolute atomic E-state index is 12.6. The van der Waals surface area contributed by atoms with E-state index in [1.54, 1.807) is 36.4 Å². The van der Waals surface area contributed by atoms with Gasteiger partial charge in [0, 0.05) is 12.5 Å². The Kier molecular flexibility index (Phi) is 7.57. The highest BCUT2D eigenvalue weighted by Crippen LogP contribution is 2.25. The van der Waals surface area contributed by atoms with Gasteiger partial charge in [-0.1, -0.05) is 47.5 Å². The van der Waals surface area contributed by atoms with Crippen LogP contribution in [0.5, 0.6) is 0 Å². The Balaban J connectivity index is 1.64. The van der Waals surface area contributed by atoms with E-state index in [0.29, 0.717) is 16.5 Å². The third-order valence-electron chi connectivity index (χ3n) is 5.15. The number of hydrogen-bond donors (Lipinski definition) is 2. The summed E-state index contributed by atoms with van der Waals surface area (Å²) in [6.45, 7) is 1.72. The van der Waals surface area contributed by atoms with Gasteiger partial charge in [0.25, 0.3) is 0 Å². The first-order valence-electron chi connectivity index (χ1n) is 9.57. The molecule has 29 heavy (non-hydrogen) atoms. The second-order valence-corrected chi connectivity index (χ2v) is 10.2. The Morgan fingerprint density at radius 3 is 2.55 bits per heavy atom. The first-order chi connectivity index (χ1) is 13.8. The third-order valence-corrected chi connectivity index (χ3v) is 7.62. The van der Waals surface area contributed by atoms with E-state index >= 15 is 0 Å². The van der Waals surface area contributed by atoms with Crippen LogP contribution in [0.1, 0.15) is 18.4 Å². The fourth-order valence-electron chi connectivity index (χ4n) is 3.53. The summed E-state index contributed by atoms with van der Waals surface area (Å²) >= 11 is 12.1. The molecule has 2 aromatic carbocycles. The molecule has 0 saturated carbocycles. The number of sulfone groups is 1. The number of nitrogens with one attached hydrogen (secondary N) is 2. The number of amides is 1. The lowest BCUT2D eigenvalue weighted by atomic mass is 9.92. The minimum Gasteiger partial charge on any atom is -0.353 e. The molecule has 1 saturated heterocycles. The highest BCUT2D eigenvalue weighted by atomic mass is 35.5. The van der Waals surface area contributed by atoms with Gasteiger partial charge in [-0.3, -0.25) is 4.79 Å². The summed E-state index contributed by atoms with van der Waals surface area (Å²) in [6.07, 6.45) is 1.49. The summed E-state index contributed by atoms with van der Waals surface area (Å²) in [5.74, 6) is -0.203. The fraction of sp³-hybridized carbons (Fsp3) is 0.381. The number of rotatable bonds is 8. The van der Waals surface area contributed by atoms with Gasteiger partial charge >= 0.3 is 0 Å². The molecule has 1 aliphatic heterocycles. The van der Waals surface area contributed by atoms with E-state index in [1.165, 1.54) is 0 Å². The summed E-state index contributed by atoms with van der Waals surface area (Å²) in [6, 6.07) is 13.6. The van der Waals surface area contributed by atoms with Crippen molar-refractivity contribution in [3.8, 4) is 0 Å². The van der Waals surface area contributed by atoms with E-state index in [0.717, 1.165) is 25.1 Å². The maximum atomic E-state index is 12.6. The maximum Gasteiger partial charge on any atom is 0.221 e. The number of halogens is 2. The van der Waals surface area contributed by atoms with Gasteiger partial charge in [-0.15, -0.1) is 0 Å². The molecule has 0 aromatic heterocycles. The van der Waals surface area contributed by atoms with Crippen LogP contribution in [0.2, 0.25) is 10.0 Å². The van der Waals surface area contributed by atoms with E-state index in [1.807, 2.05) is 12.1 Å². The highest BCUT2D eigenvalue weighted by Gasteiger charge is 2.27. The van der Waals surface area contributed by atoms with Crippen LogP contribution in [0, 0.1) is 5.92 Å². The Morgan fingerprint density at radius 2 is 1.90 bits per heavy atom. The molecule has 2 unspecified atom stereocenters. The van der Waals surface area contributed by atoms with Crippen LogP contribution in [-0.2, 0) is 21.1 Å². The normalized spacial score (nSPS) is 17.8. The molecule has 1 heterocycles. The molecule has 0 radical (unpaired) electrons. The van der Waals surface area contributed by atoms with Crippen LogP contribution in [0.15, 0.2) is 53.4 Å². The molecule has 5 nitrogen and oxygen atoms in total. The summed E-state index contributed by atoms with van der Waals surface area (Å²) in [5, 5.41) is 7.33. The SMILES string of the molecule is O=C(CCS(=O)(=O)c1ccccc1)NC(Cc1ccc(Cl)c(Cl)c1)C1CCNC1. The number of carbonyl (C=O) groups excluding carboxylic acids is 1. The van der Waals surface area contributed by atoms with Gasteiger partial charge < -0.3 is 10.6 Å². The summed E-state index contributed by atoms with van der Waals surface area (Å²) < 4.78 is 24.8. The van der Waals surface area contributed by atoms with Crippen molar-refractivity contribution in [1.82, 2.24) is 10.6 Å². The zero-order chi connectivity index (χ0) is 20.9. The van der Waals surface area contributed by atoms with Crippen molar-refractivity contribution >= 4 is 38.9 Å². The zero-order valence-corrected chi connectivity index (χ0v) is 18.2. The topological polar surface area (TPSA) is 75.3 Å². The van der Waals surface area contributed by atoms with Crippen LogP contribution < -0.4 is 10.6 Å². The van der Waals surface area contributed by atoms with Crippen molar-refractivity contribution in [2.45, 2.75) is 30.2 Å². The molecule has 0 bridgehead atoms. The van der Waals surface area contributed by atoms with Gasteiger partial charge in [-0.2, -0.15) is 0 Å². The molecule has 8 heteroatoms. The van der Waals surface area contributed by atoms with Crippen molar-refractivity contribution in [1.29, 1.82) is 0 Å². The van der Waals surface area contributed by atoms with Crippen molar-refractivity contribution < 1.29 is 13.2 Å². The van der Waals surface area contributed by atoms with Crippen LogP contribution in [-0.4, -0.2) is 39.2 Å². The molecule has 3 rings (SSSR count). The van der Waals surface area contributed by atoms with Crippen molar-refractivity contribution in [2.24, 2.45) is 5.92 Å². The molecule has 1 aliphatic rings. The Hall–Kier alpha value is -1.60. The lowest BCUT2D eigenvalue weighted by Gasteiger charge is -2.25. The molecule has 1 amide bonds. The first-order valence-corrected chi connectivity index (χ1v) is 12.0. The minimum absolute atomic E-state index is 0.0742. The molecule has 0 aliphatic carbocycles. The van der Waals surface area contributed by atoms with E-state index in [-0.39, 0.29) is 34.9 Å². The quantitative estimate of drug-likeness (QED) is 0.639. The van der Waals surface area contributed by atoms with Crippen molar-refractivity contribution in [3.05, 3.63) is 64.1 Å². The second kappa shape index (κ2) is 9.94. The van der Waals surface area contributed by atoms with Crippen molar-refractivity contribution in [3.63, 3.8) is 0 Å². The van der Waals surface area contributed by atoms with Crippen molar-refractivity contribution in [2.75, 3.05) is 18.8 Å². The highest BCUT2D eigenvalue weighted by molar-refractivity contribution is 7.91. The lowest BCUT2D eigenvalue weighted by Crippen LogP contribution is -2.43. The molecule has 2 aromatic rings. The molecule has 1 fully saturated rings. The van der Waals surface area contributed by atoms with Gasteiger partial charge in [0.15, 0.2) is 9.84 Å². The number of benzene rings is 2. The number of carbonyl (C=O) groups is 1. The molecule has 0 spiro atoms. The Morgan fingerprint density at radius 1 is 1.14 bits per heavy atom. The molecule has 2 atom stereocenters. The van der Waals surface area contributed by atoms with Crippen LogP contribution in [0.25, 0.3) is 0 Å². The smallest absolute Gasteiger partial charge is 0.221 e. The predicted octanol–water partition coefficient (Wildman–Crippen LogP) is 3.49. The van der Waals surface area contributed by atoms with Crippen LogP contribution in [0.3, 0.4) is 0 Å². The van der Waals surface area contributed by atoms with Gasteiger partial charge in [0.05, 0.1) is 20.7 Å². The summed E-state index contributed by atoms with van der Waals surface area (Å²) in [4.78, 5) is 12.8. The number of hydrogen-bond acceptors (Lipinski definition) is 4. The van der Waals surface area contributed by atoms with E-state index in [2.05, 4.69) is 10.6 Å². The Labute approximate surface area is 181 Å². The zero-order valence-electron chi connectivity index (χ0n) is 15.9. The summed E-state index contributed by atoms with van der Waals surface area (Å²) in [7, 11) is -3.48. The lowest BCUT2D eigenvalue weighted by molar-refractivity contribution is -0.121. The third kappa shape index (κ3) is 6.19. The monoisotopic (exact) mass is 454 g/mol. The molecule has 2 N–H and O–H groups in total. The van der Waals surface area contributed by atoms with E-state index in [4.69, 9.17) is 23.2 Å². The average Bonchev–Trinajstić information content (AvgIpc) is 3.24. The van der Waals surface area contributed by atoms with Gasteiger partial charge in [0.2, 0.25) is 5.91 Å². The first kappa shape index (κ1) is 22.1. The Bertz CT molecular complexity index is 946.